The molecule has 1 N–H and O–H groups in total. The second-order valence-electron chi connectivity index (χ2n) is 5.33. The molecule has 24 heavy (non-hydrogen) atoms. The summed E-state index contributed by atoms with van der Waals surface area (Å²) in [5, 5.41) is 10.9. The number of aromatic nitrogens is 4. The molecule has 0 unspecified atom stereocenters. The van der Waals surface area contributed by atoms with E-state index in [0.717, 1.165) is 26.2 Å². The minimum atomic E-state index is -0.234. The number of anilines is 2. The third-order valence-electron chi connectivity index (χ3n) is 3.94. The standard InChI is InChI=1S/C14H19N7O2S/c1-10(12(22)18-14-19-16-9-24-14)20-5-7-21(8-6-20)13-15-4-3-11(17-13)23-2/h3-4,9-10H,5-8H2,1-2H3,(H,18,19,22)/t10-/m0/s1. The minimum Gasteiger partial charge on any atom is -0.481 e. The zero-order valence-corrected chi connectivity index (χ0v) is 14.4. The predicted molar refractivity (Wildman–Crippen MR) is 90.4 cm³/mol. The maximum absolute atomic E-state index is 12.3. The van der Waals surface area contributed by atoms with Gasteiger partial charge in [0.15, 0.2) is 0 Å². The first-order valence-electron chi connectivity index (χ1n) is 7.60. The van der Waals surface area contributed by atoms with Crippen LogP contribution in [-0.4, -0.2) is 70.3 Å². The fourth-order valence-corrected chi connectivity index (χ4v) is 2.96. The fourth-order valence-electron chi connectivity index (χ4n) is 2.51. The highest BCUT2D eigenvalue weighted by molar-refractivity contribution is 7.13. The molecule has 2 aromatic heterocycles. The molecular weight excluding hydrogens is 330 g/mol. The SMILES string of the molecule is COc1ccnc(N2CCN([C@@H](C)C(=O)Nc3nncs3)CC2)n1. The molecule has 1 atom stereocenters. The number of carbonyl (C=O) groups excluding carboxylic acids is 1. The number of nitrogens with one attached hydrogen (secondary N) is 1. The van der Waals surface area contributed by atoms with Crippen LogP contribution in [0.3, 0.4) is 0 Å². The van der Waals surface area contributed by atoms with Crippen LogP contribution in [0.2, 0.25) is 0 Å². The van der Waals surface area contributed by atoms with E-state index in [2.05, 4.69) is 35.3 Å². The molecule has 10 heteroatoms. The van der Waals surface area contributed by atoms with Crippen molar-refractivity contribution < 1.29 is 9.53 Å². The van der Waals surface area contributed by atoms with Gasteiger partial charge in [-0.3, -0.25) is 15.0 Å². The van der Waals surface area contributed by atoms with Crippen LogP contribution in [0, 0.1) is 0 Å². The van der Waals surface area contributed by atoms with E-state index < -0.39 is 0 Å². The molecule has 1 aliphatic rings. The van der Waals surface area contributed by atoms with Crippen molar-refractivity contribution in [2.24, 2.45) is 0 Å². The Morgan fingerprint density at radius 3 is 2.83 bits per heavy atom. The van der Waals surface area contributed by atoms with Crippen molar-refractivity contribution in [1.82, 2.24) is 25.1 Å². The summed E-state index contributed by atoms with van der Waals surface area (Å²) < 4.78 is 5.14. The third-order valence-corrected chi connectivity index (χ3v) is 4.55. The van der Waals surface area contributed by atoms with E-state index >= 15 is 0 Å². The first kappa shape index (κ1) is 16.5. The Balaban J connectivity index is 1.55. The molecule has 128 valence electrons. The smallest absolute Gasteiger partial charge is 0.243 e. The van der Waals surface area contributed by atoms with Crippen molar-refractivity contribution in [3.63, 3.8) is 0 Å². The summed E-state index contributed by atoms with van der Waals surface area (Å²) in [6.07, 6.45) is 1.69. The number of piperazine rings is 1. The summed E-state index contributed by atoms with van der Waals surface area (Å²) in [6, 6.07) is 1.49. The van der Waals surface area contributed by atoms with Gasteiger partial charge < -0.3 is 9.64 Å². The van der Waals surface area contributed by atoms with Crippen molar-refractivity contribution in [3.8, 4) is 5.88 Å². The topological polar surface area (TPSA) is 96.4 Å². The van der Waals surface area contributed by atoms with Crippen LogP contribution < -0.4 is 15.0 Å². The van der Waals surface area contributed by atoms with E-state index in [0.29, 0.717) is 17.0 Å². The fraction of sp³-hybridized carbons (Fsp3) is 0.500. The van der Waals surface area contributed by atoms with Crippen molar-refractivity contribution in [2.75, 3.05) is 43.5 Å². The Labute approximate surface area is 143 Å². The molecular formula is C14H19N7O2S. The highest BCUT2D eigenvalue weighted by Crippen LogP contribution is 2.16. The van der Waals surface area contributed by atoms with Crippen LogP contribution in [0.15, 0.2) is 17.8 Å². The van der Waals surface area contributed by atoms with Gasteiger partial charge in [-0.2, -0.15) is 4.98 Å². The number of methoxy groups -OCH3 is 1. The van der Waals surface area contributed by atoms with Gasteiger partial charge in [-0.05, 0) is 6.92 Å². The molecule has 1 amide bonds. The zero-order valence-electron chi connectivity index (χ0n) is 13.5. The van der Waals surface area contributed by atoms with Crippen LogP contribution >= 0.6 is 11.3 Å². The number of carbonyl (C=O) groups is 1. The Hall–Kier alpha value is -2.33. The van der Waals surface area contributed by atoms with E-state index in [-0.39, 0.29) is 11.9 Å². The first-order valence-corrected chi connectivity index (χ1v) is 8.48. The molecule has 0 aliphatic carbocycles. The number of nitrogens with zero attached hydrogens (tertiary/aromatic N) is 6. The molecule has 3 heterocycles. The van der Waals surface area contributed by atoms with E-state index in [4.69, 9.17) is 4.74 Å². The van der Waals surface area contributed by atoms with Crippen molar-refractivity contribution >= 4 is 28.3 Å². The molecule has 2 aromatic rings. The highest BCUT2D eigenvalue weighted by atomic mass is 32.1. The maximum Gasteiger partial charge on any atom is 0.243 e. The molecule has 0 bridgehead atoms. The maximum atomic E-state index is 12.3. The molecule has 9 nitrogen and oxygen atoms in total. The summed E-state index contributed by atoms with van der Waals surface area (Å²) in [7, 11) is 1.59. The van der Waals surface area contributed by atoms with Crippen LogP contribution in [0.5, 0.6) is 5.88 Å². The summed E-state index contributed by atoms with van der Waals surface area (Å²) >= 11 is 1.31. The molecule has 1 aliphatic heterocycles. The second kappa shape index (κ2) is 7.49. The van der Waals surface area contributed by atoms with Gasteiger partial charge in [-0.25, -0.2) is 4.98 Å². The number of rotatable bonds is 5. The quantitative estimate of drug-likeness (QED) is 0.833. The monoisotopic (exact) mass is 349 g/mol. The zero-order chi connectivity index (χ0) is 16.9. The molecule has 1 saturated heterocycles. The number of ether oxygens (including phenoxy) is 1. The van der Waals surface area contributed by atoms with Crippen molar-refractivity contribution in [1.29, 1.82) is 0 Å². The van der Waals surface area contributed by atoms with Crippen LogP contribution in [0.1, 0.15) is 6.92 Å². The third kappa shape index (κ3) is 3.77. The van der Waals surface area contributed by atoms with Gasteiger partial charge in [0.05, 0.1) is 13.2 Å². The number of hydrogen-bond donors (Lipinski definition) is 1. The second-order valence-corrected chi connectivity index (χ2v) is 6.16. The van der Waals surface area contributed by atoms with E-state index in [9.17, 15) is 4.79 Å². The average Bonchev–Trinajstić information content (AvgIpc) is 3.14. The molecule has 0 radical (unpaired) electrons. The summed E-state index contributed by atoms with van der Waals surface area (Å²) in [6.45, 7) is 4.91. The predicted octanol–water partition coefficient (Wildman–Crippen LogP) is 0.486. The van der Waals surface area contributed by atoms with Gasteiger partial charge in [-0.15, -0.1) is 10.2 Å². The highest BCUT2D eigenvalue weighted by Gasteiger charge is 2.27. The van der Waals surface area contributed by atoms with Gasteiger partial charge >= 0.3 is 0 Å². The van der Waals surface area contributed by atoms with E-state index in [1.807, 2.05) is 6.92 Å². The molecule has 0 spiro atoms. The average molecular weight is 349 g/mol. The molecule has 3 rings (SSSR count). The minimum absolute atomic E-state index is 0.0715. The van der Waals surface area contributed by atoms with E-state index in [1.165, 1.54) is 11.3 Å². The normalized spacial score (nSPS) is 16.7. The van der Waals surface area contributed by atoms with E-state index in [1.54, 1.807) is 24.9 Å². The van der Waals surface area contributed by atoms with Gasteiger partial charge in [-0.1, -0.05) is 11.3 Å². The molecule has 1 fully saturated rings. The first-order chi connectivity index (χ1) is 11.7. The number of hydrogen-bond acceptors (Lipinski definition) is 9. The summed E-state index contributed by atoms with van der Waals surface area (Å²) in [5.41, 5.74) is 1.59. The molecule has 0 saturated carbocycles. The van der Waals surface area contributed by atoms with Crippen LogP contribution in [0.4, 0.5) is 11.1 Å². The Morgan fingerprint density at radius 1 is 1.38 bits per heavy atom. The van der Waals surface area contributed by atoms with Gasteiger partial charge in [0.25, 0.3) is 0 Å². The summed E-state index contributed by atoms with van der Waals surface area (Å²) in [4.78, 5) is 25.1. The summed E-state index contributed by atoms with van der Waals surface area (Å²) in [5.74, 6) is 1.13. The lowest BCUT2D eigenvalue weighted by Gasteiger charge is -2.37. The van der Waals surface area contributed by atoms with Crippen LogP contribution in [-0.2, 0) is 4.79 Å². The Bertz CT molecular complexity index is 674. The Kier molecular flexibility index (Phi) is 5.16. The lowest BCUT2D eigenvalue weighted by molar-refractivity contribution is -0.120. The lowest BCUT2D eigenvalue weighted by Crippen LogP contribution is -2.53. The largest absolute Gasteiger partial charge is 0.481 e. The number of amides is 1. The van der Waals surface area contributed by atoms with Crippen LogP contribution in [0.25, 0.3) is 0 Å². The van der Waals surface area contributed by atoms with Gasteiger partial charge in [0.2, 0.25) is 22.9 Å². The molecule has 0 aromatic carbocycles. The Morgan fingerprint density at radius 2 is 2.17 bits per heavy atom. The van der Waals surface area contributed by atoms with Crippen molar-refractivity contribution in [3.05, 3.63) is 17.8 Å². The van der Waals surface area contributed by atoms with Gasteiger partial charge in [0, 0.05) is 38.4 Å². The lowest BCUT2D eigenvalue weighted by atomic mass is 10.2. The van der Waals surface area contributed by atoms with Crippen molar-refractivity contribution in [2.45, 2.75) is 13.0 Å². The van der Waals surface area contributed by atoms with Gasteiger partial charge in [0.1, 0.15) is 5.51 Å².